The lowest BCUT2D eigenvalue weighted by Crippen LogP contribution is -2.25. The number of hydrogen-bond acceptors (Lipinski definition) is 5. The Bertz CT molecular complexity index is 1050. The summed E-state index contributed by atoms with van der Waals surface area (Å²) in [5, 5.41) is 5.74. The predicted octanol–water partition coefficient (Wildman–Crippen LogP) is 3.70. The minimum atomic E-state index is -0.248. The molecular weight excluding hydrogens is 340 g/mol. The Labute approximate surface area is 157 Å². The number of rotatable bonds is 6. The molecule has 0 amide bonds. The Hall–Kier alpha value is -3.06. The van der Waals surface area contributed by atoms with E-state index in [4.69, 9.17) is 14.8 Å². The van der Waals surface area contributed by atoms with Crippen molar-refractivity contribution in [3.8, 4) is 23.0 Å². The monoisotopic (exact) mass is 362 g/mol. The summed E-state index contributed by atoms with van der Waals surface area (Å²) in [5.41, 5.74) is 2.32. The van der Waals surface area contributed by atoms with Gasteiger partial charge in [-0.15, -0.1) is 5.10 Å². The summed E-state index contributed by atoms with van der Waals surface area (Å²) in [7, 11) is 1.73. The van der Waals surface area contributed by atoms with Crippen molar-refractivity contribution < 1.29 is 4.74 Å². The maximum Gasteiger partial charge on any atom is 0.200 e. The maximum atomic E-state index is 5.56. The molecule has 0 unspecified atom stereocenters. The molecule has 138 valence electrons. The van der Waals surface area contributed by atoms with Crippen LogP contribution in [0.25, 0.3) is 33.9 Å². The van der Waals surface area contributed by atoms with E-state index >= 15 is 0 Å². The zero-order chi connectivity index (χ0) is 18.9. The molecule has 7 heteroatoms. The van der Waals surface area contributed by atoms with E-state index in [1.165, 1.54) is 0 Å². The molecule has 27 heavy (non-hydrogen) atoms. The number of nitrogens with zero attached hydrogens (tertiary/aromatic N) is 5. The summed E-state index contributed by atoms with van der Waals surface area (Å²) in [6.07, 6.45) is 6.23. The minimum absolute atomic E-state index is 0.248. The molecule has 0 saturated heterocycles. The van der Waals surface area contributed by atoms with Gasteiger partial charge in [0, 0.05) is 43.1 Å². The molecule has 0 fully saturated rings. The maximum absolute atomic E-state index is 5.56. The Balaban J connectivity index is 1.81. The summed E-state index contributed by atoms with van der Waals surface area (Å²) in [6.45, 7) is 4.79. The first-order valence-electron chi connectivity index (χ1n) is 8.91. The van der Waals surface area contributed by atoms with E-state index in [0.717, 1.165) is 34.5 Å². The lowest BCUT2D eigenvalue weighted by molar-refractivity contribution is 0.0114. The molecule has 0 radical (unpaired) electrons. The highest BCUT2D eigenvalue weighted by Crippen LogP contribution is 2.27. The Morgan fingerprint density at radius 1 is 1.11 bits per heavy atom. The smallest absolute Gasteiger partial charge is 0.200 e. The van der Waals surface area contributed by atoms with E-state index < -0.39 is 0 Å². The normalized spacial score (nSPS) is 12.0. The van der Waals surface area contributed by atoms with Gasteiger partial charge in [-0.25, -0.2) is 9.67 Å². The summed E-state index contributed by atoms with van der Waals surface area (Å²) in [4.78, 5) is 17.0. The molecule has 0 aliphatic rings. The van der Waals surface area contributed by atoms with Gasteiger partial charge in [-0.1, -0.05) is 6.07 Å². The van der Waals surface area contributed by atoms with Crippen LogP contribution in [0.4, 0.5) is 0 Å². The number of pyridine rings is 2. The number of fused-ring (bicyclic) bond motifs is 1. The molecule has 4 aromatic rings. The van der Waals surface area contributed by atoms with E-state index in [1.54, 1.807) is 19.5 Å². The molecule has 0 aliphatic heterocycles. The highest BCUT2D eigenvalue weighted by molar-refractivity contribution is 5.91. The second-order valence-electron chi connectivity index (χ2n) is 7.01. The van der Waals surface area contributed by atoms with Crippen molar-refractivity contribution in [2.45, 2.75) is 32.4 Å². The van der Waals surface area contributed by atoms with Crippen LogP contribution < -0.4 is 0 Å². The number of aromatic amines is 1. The van der Waals surface area contributed by atoms with E-state index in [9.17, 15) is 0 Å². The van der Waals surface area contributed by atoms with Gasteiger partial charge >= 0.3 is 0 Å². The quantitative estimate of drug-likeness (QED) is 0.566. The third-order valence-electron chi connectivity index (χ3n) is 4.73. The fourth-order valence-electron chi connectivity index (χ4n) is 2.91. The third-order valence-corrected chi connectivity index (χ3v) is 4.73. The number of aromatic nitrogens is 6. The zero-order valence-electron chi connectivity index (χ0n) is 15.7. The van der Waals surface area contributed by atoms with Crippen LogP contribution in [0, 0.1) is 0 Å². The minimum Gasteiger partial charge on any atom is -0.379 e. The van der Waals surface area contributed by atoms with Gasteiger partial charge < -0.3 is 9.72 Å². The van der Waals surface area contributed by atoms with Crippen molar-refractivity contribution >= 4 is 10.9 Å². The van der Waals surface area contributed by atoms with Gasteiger partial charge in [0.05, 0.1) is 5.60 Å². The van der Waals surface area contributed by atoms with Gasteiger partial charge in [-0.2, -0.15) is 0 Å². The van der Waals surface area contributed by atoms with Crippen LogP contribution >= 0.6 is 0 Å². The molecule has 1 N–H and O–H groups in total. The van der Waals surface area contributed by atoms with Gasteiger partial charge in [-0.3, -0.25) is 9.97 Å². The number of H-pyrrole nitrogens is 1. The number of ether oxygens (including phenoxy) is 1. The lowest BCUT2D eigenvalue weighted by Gasteiger charge is -2.22. The van der Waals surface area contributed by atoms with Crippen LogP contribution in [0.5, 0.6) is 0 Å². The molecule has 0 saturated carbocycles. The standard InChI is InChI=1S/C20H22N6O/c1-20(2,27-3)9-13-26-19(17-14-7-11-22-15(14)8-12-23-17)24-18(25-26)16-6-4-5-10-21-16/h4-8,10-12,22H,9,13H2,1-3H3. The first-order chi connectivity index (χ1) is 13.1. The van der Waals surface area contributed by atoms with Crippen LogP contribution in [-0.2, 0) is 11.3 Å². The molecule has 0 atom stereocenters. The van der Waals surface area contributed by atoms with Crippen molar-refractivity contribution in [3.05, 3.63) is 48.9 Å². The molecule has 0 aromatic carbocycles. The number of methoxy groups -OCH3 is 1. The molecular formula is C20H22N6O. The topological polar surface area (TPSA) is 81.5 Å². The summed E-state index contributed by atoms with van der Waals surface area (Å²) < 4.78 is 7.46. The number of aryl methyl sites for hydroxylation is 1. The van der Waals surface area contributed by atoms with E-state index in [2.05, 4.69) is 28.8 Å². The second kappa shape index (κ2) is 6.92. The van der Waals surface area contributed by atoms with Crippen molar-refractivity contribution in [2.24, 2.45) is 0 Å². The molecule has 7 nitrogen and oxygen atoms in total. The molecule has 4 heterocycles. The highest BCUT2D eigenvalue weighted by Gasteiger charge is 2.21. The van der Waals surface area contributed by atoms with Gasteiger partial charge in [0.1, 0.15) is 11.4 Å². The molecule has 0 bridgehead atoms. The fourth-order valence-corrected chi connectivity index (χ4v) is 2.91. The van der Waals surface area contributed by atoms with E-state index in [1.807, 2.05) is 41.2 Å². The first-order valence-corrected chi connectivity index (χ1v) is 8.91. The predicted molar refractivity (Wildman–Crippen MR) is 104 cm³/mol. The summed E-state index contributed by atoms with van der Waals surface area (Å²) in [5.74, 6) is 1.32. The van der Waals surface area contributed by atoms with Crippen LogP contribution in [0.2, 0.25) is 0 Å². The van der Waals surface area contributed by atoms with E-state index in [0.29, 0.717) is 12.4 Å². The second-order valence-corrected chi connectivity index (χ2v) is 7.01. The Kier molecular flexibility index (Phi) is 4.45. The average molecular weight is 362 g/mol. The lowest BCUT2D eigenvalue weighted by atomic mass is 10.1. The van der Waals surface area contributed by atoms with Crippen molar-refractivity contribution in [1.82, 2.24) is 29.7 Å². The van der Waals surface area contributed by atoms with Crippen LogP contribution in [-0.4, -0.2) is 42.4 Å². The van der Waals surface area contributed by atoms with Gasteiger partial charge in [0.2, 0.25) is 0 Å². The highest BCUT2D eigenvalue weighted by atomic mass is 16.5. The van der Waals surface area contributed by atoms with E-state index in [-0.39, 0.29) is 5.60 Å². The molecule has 0 spiro atoms. The van der Waals surface area contributed by atoms with Crippen LogP contribution in [0.1, 0.15) is 20.3 Å². The number of nitrogens with one attached hydrogen (secondary N) is 1. The Morgan fingerprint density at radius 2 is 2.00 bits per heavy atom. The largest absolute Gasteiger partial charge is 0.379 e. The SMILES string of the molecule is COC(C)(C)CCn1nc(-c2ccccn2)nc1-c1nccc2[nH]ccc12. The van der Waals surface area contributed by atoms with Crippen molar-refractivity contribution in [3.63, 3.8) is 0 Å². The third kappa shape index (κ3) is 3.46. The Morgan fingerprint density at radius 3 is 2.78 bits per heavy atom. The van der Waals surface area contributed by atoms with Gasteiger partial charge in [0.15, 0.2) is 11.6 Å². The van der Waals surface area contributed by atoms with Gasteiger partial charge in [0.25, 0.3) is 0 Å². The van der Waals surface area contributed by atoms with Crippen LogP contribution in [0.15, 0.2) is 48.9 Å². The molecule has 4 rings (SSSR count). The average Bonchev–Trinajstić information content (AvgIpc) is 3.34. The zero-order valence-corrected chi connectivity index (χ0v) is 15.7. The molecule has 0 aliphatic carbocycles. The fraction of sp³-hybridized carbons (Fsp3) is 0.300. The molecule has 4 aromatic heterocycles. The van der Waals surface area contributed by atoms with Crippen molar-refractivity contribution in [1.29, 1.82) is 0 Å². The number of hydrogen-bond donors (Lipinski definition) is 1. The first kappa shape index (κ1) is 17.4. The van der Waals surface area contributed by atoms with Gasteiger partial charge in [-0.05, 0) is 44.5 Å². The summed E-state index contributed by atoms with van der Waals surface area (Å²) >= 11 is 0. The summed E-state index contributed by atoms with van der Waals surface area (Å²) in [6, 6.07) is 9.68. The van der Waals surface area contributed by atoms with Crippen molar-refractivity contribution in [2.75, 3.05) is 7.11 Å². The van der Waals surface area contributed by atoms with Crippen LogP contribution in [0.3, 0.4) is 0 Å².